The highest BCUT2D eigenvalue weighted by molar-refractivity contribution is 7.47. The molecule has 9 nitrogen and oxygen atoms in total. The molecule has 430 valence electrons. The maximum Gasteiger partial charge on any atom is 0.472 e. The number of likely N-dealkylation sites (N-methyl/N-ethyl adjacent to an activating group) is 1. The van der Waals surface area contributed by atoms with E-state index in [1.165, 1.54) is 270 Å². The summed E-state index contributed by atoms with van der Waals surface area (Å²) in [5, 5.41) is 0. The van der Waals surface area contributed by atoms with Gasteiger partial charge in [-0.1, -0.05) is 309 Å². The molecule has 0 saturated heterocycles. The first-order valence-corrected chi connectivity index (χ1v) is 33.3. The quantitative estimate of drug-likeness (QED) is 0.0278. The van der Waals surface area contributed by atoms with Gasteiger partial charge in [-0.2, -0.15) is 0 Å². The van der Waals surface area contributed by atoms with Gasteiger partial charge in [-0.3, -0.25) is 18.6 Å². The second-order valence-electron chi connectivity index (χ2n) is 23.2. The van der Waals surface area contributed by atoms with E-state index in [4.69, 9.17) is 18.5 Å². The van der Waals surface area contributed by atoms with E-state index < -0.39 is 26.5 Å². The molecule has 0 heterocycles. The van der Waals surface area contributed by atoms with Gasteiger partial charge in [0.1, 0.15) is 19.8 Å². The van der Waals surface area contributed by atoms with Crippen molar-refractivity contribution in [2.45, 2.75) is 341 Å². The Morgan fingerprint density at radius 3 is 0.889 bits per heavy atom. The number of unbranched alkanes of at least 4 members (excludes halogenated alkanes) is 46. The Kier molecular flexibility index (Phi) is 54.0. The summed E-state index contributed by atoms with van der Waals surface area (Å²) in [7, 11) is 1.50. The van der Waals surface area contributed by atoms with E-state index in [-0.39, 0.29) is 25.6 Å². The third-order valence-corrected chi connectivity index (χ3v) is 15.6. The van der Waals surface area contributed by atoms with Gasteiger partial charge < -0.3 is 18.9 Å². The highest BCUT2D eigenvalue weighted by Gasteiger charge is 2.27. The molecular formula is C62H125NO8P+. The molecule has 0 aromatic rings. The first-order valence-electron chi connectivity index (χ1n) is 31.8. The second-order valence-corrected chi connectivity index (χ2v) is 24.6. The van der Waals surface area contributed by atoms with Crippen LogP contribution in [-0.4, -0.2) is 74.9 Å². The van der Waals surface area contributed by atoms with E-state index in [0.717, 1.165) is 38.5 Å². The number of carbonyl (C=O) groups excluding carboxylic acids is 2. The lowest BCUT2D eigenvalue weighted by atomic mass is 10.0. The lowest BCUT2D eigenvalue weighted by molar-refractivity contribution is -0.870. The van der Waals surface area contributed by atoms with Crippen LogP contribution in [-0.2, 0) is 32.7 Å². The molecule has 0 aliphatic carbocycles. The minimum atomic E-state index is -4.38. The van der Waals surface area contributed by atoms with Crippen molar-refractivity contribution in [2.24, 2.45) is 0 Å². The van der Waals surface area contributed by atoms with Gasteiger partial charge in [0.25, 0.3) is 0 Å². The molecule has 72 heavy (non-hydrogen) atoms. The van der Waals surface area contributed by atoms with Gasteiger partial charge in [-0.25, -0.2) is 4.57 Å². The number of esters is 2. The van der Waals surface area contributed by atoms with Crippen LogP contribution in [0.25, 0.3) is 0 Å². The van der Waals surface area contributed by atoms with Gasteiger partial charge in [0.15, 0.2) is 6.10 Å². The topological polar surface area (TPSA) is 108 Å². The number of hydrogen-bond donors (Lipinski definition) is 1. The normalized spacial score (nSPS) is 13.1. The van der Waals surface area contributed by atoms with Gasteiger partial charge in [-0.05, 0) is 12.8 Å². The molecular weight excluding hydrogens is 918 g/mol. The van der Waals surface area contributed by atoms with Gasteiger partial charge in [0.2, 0.25) is 0 Å². The van der Waals surface area contributed by atoms with E-state index in [0.29, 0.717) is 17.4 Å². The van der Waals surface area contributed by atoms with Crippen molar-refractivity contribution in [2.75, 3.05) is 47.5 Å². The van der Waals surface area contributed by atoms with Crippen molar-refractivity contribution in [3.63, 3.8) is 0 Å². The summed E-state index contributed by atoms with van der Waals surface area (Å²) >= 11 is 0. The van der Waals surface area contributed by atoms with Crippen LogP contribution in [0.4, 0.5) is 0 Å². The average Bonchev–Trinajstić information content (AvgIpc) is 3.34. The third kappa shape index (κ3) is 58.3. The number of phosphoric acid groups is 1. The maximum atomic E-state index is 12.8. The molecule has 0 aromatic carbocycles. The lowest BCUT2D eigenvalue weighted by Crippen LogP contribution is -2.37. The fourth-order valence-corrected chi connectivity index (χ4v) is 10.5. The molecule has 0 bridgehead atoms. The minimum absolute atomic E-state index is 0.0375. The molecule has 1 N–H and O–H groups in total. The van der Waals surface area contributed by atoms with Crippen molar-refractivity contribution in [3.8, 4) is 0 Å². The monoisotopic (exact) mass is 1040 g/mol. The molecule has 2 atom stereocenters. The Hall–Kier alpha value is -0.990. The fraction of sp³-hybridized carbons (Fsp3) is 0.968. The molecule has 0 aliphatic heterocycles. The molecule has 0 spiro atoms. The average molecular weight is 1040 g/mol. The second kappa shape index (κ2) is 54.8. The van der Waals surface area contributed by atoms with Crippen LogP contribution in [0.1, 0.15) is 335 Å². The zero-order valence-corrected chi connectivity index (χ0v) is 49.9. The first-order chi connectivity index (χ1) is 35.0. The number of phosphoric ester groups is 1. The highest BCUT2D eigenvalue weighted by atomic mass is 31.2. The van der Waals surface area contributed by atoms with E-state index in [9.17, 15) is 19.0 Å². The Bertz CT molecular complexity index is 1180. The first kappa shape index (κ1) is 71.0. The maximum absolute atomic E-state index is 12.8. The predicted molar refractivity (Wildman–Crippen MR) is 308 cm³/mol. The fourth-order valence-electron chi connectivity index (χ4n) is 9.73. The number of ether oxygens (including phenoxy) is 2. The van der Waals surface area contributed by atoms with Crippen molar-refractivity contribution in [3.05, 3.63) is 0 Å². The van der Waals surface area contributed by atoms with Crippen LogP contribution in [0.15, 0.2) is 0 Å². The number of rotatable bonds is 60. The molecule has 0 radical (unpaired) electrons. The molecule has 0 aromatic heterocycles. The highest BCUT2D eigenvalue weighted by Crippen LogP contribution is 2.43. The van der Waals surface area contributed by atoms with Crippen LogP contribution in [0.5, 0.6) is 0 Å². The Balaban J connectivity index is 4.03. The molecule has 0 aliphatic rings. The van der Waals surface area contributed by atoms with E-state index >= 15 is 0 Å². The smallest absolute Gasteiger partial charge is 0.462 e. The van der Waals surface area contributed by atoms with Crippen LogP contribution in [0.2, 0.25) is 0 Å². The Labute approximate surface area is 448 Å². The zero-order chi connectivity index (χ0) is 52.7. The van der Waals surface area contributed by atoms with Crippen LogP contribution in [0.3, 0.4) is 0 Å². The summed E-state index contributed by atoms with van der Waals surface area (Å²) in [6.45, 7) is 4.52. The number of hydrogen-bond acceptors (Lipinski definition) is 7. The van der Waals surface area contributed by atoms with Gasteiger partial charge in [0.05, 0.1) is 27.7 Å². The number of quaternary nitrogens is 1. The minimum Gasteiger partial charge on any atom is -0.462 e. The summed E-state index contributed by atoms with van der Waals surface area (Å²) in [5.41, 5.74) is 0. The van der Waals surface area contributed by atoms with Gasteiger partial charge in [0, 0.05) is 12.8 Å². The Morgan fingerprint density at radius 2 is 0.625 bits per heavy atom. The van der Waals surface area contributed by atoms with Crippen molar-refractivity contribution in [1.82, 2.24) is 0 Å². The molecule has 0 amide bonds. The van der Waals surface area contributed by atoms with Gasteiger partial charge >= 0.3 is 19.8 Å². The summed E-state index contributed by atoms with van der Waals surface area (Å²) in [6, 6.07) is 0. The molecule has 0 rings (SSSR count). The summed E-state index contributed by atoms with van der Waals surface area (Å²) in [6.07, 6.45) is 63.3. The molecule has 0 saturated carbocycles. The third-order valence-electron chi connectivity index (χ3n) is 14.6. The number of carbonyl (C=O) groups is 2. The summed E-state index contributed by atoms with van der Waals surface area (Å²) in [5.74, 6) is -0.771. The standard InChI is InChI=1S/C62H124NO8P/c1-6-8-10-12-14-16-18-20-22-24-26-28-29-30-31-32-33-34-35-37-39-41-43-45-47-49-51-53-55-62(65)71-60(59-70-72(66,67)69-57-56-63(3,4)5)58-68-61(64)54-52-50-48-46-44-42-40-38-36-27-25-23-21-19-17-15-13-11-9-7-2/h60H,6-59H2,1-5H3/p+1. The Morgan fingerprint density at radius 1 is 0.375 bits per heavy atom. The predicted octanol–water partition coefficient (Wildman–Crippen LogP) is 19.8. The van der Waals surface area contributed by atoms with Crippen LogP contribution < -0.4 is 0 Å². The van der Waals surface area contributed by atoms with Crippen molar-refractivity contribution in [1.29, 1.82) is 0 Å². The van der Waals surface area contributed by atoms with E-state index in [1.807, 2.05) is 21.1 Å². The van der Waals surface area contributed by atoms with Crippen LogP contribution >= 0.6 is 7.82 Å². The van der Waals surface area contributed by atoms with E-state index in [2.05, 4.69) is 13.8 Å². The molecule has 0 fully saturated rings. The summed E-state index contributed by atoms with van der Waals surface area (Å²) in [4.78, 5) is 35.7. The lowest BCUT2D eigenvalue weighted by Gasteiger charge is -2.24. The zero-order valence-electron chi connectivity index (χ0n) is 49.0. The van der Waals surface area contributed by atoms with Crippen molar-refractivity contribution < 1.29 is 42.1 Å². The van der Waals surface area contributed by atoms with E-state index in [1.54, 1.807) is 0 Å². The van der Waals surface area contributed by atoms with Crippen LogP contribution in [0, 0.1) is 0 Å². The van der Waals surface area contributed by atoms with Crippen molar-refractivity contribution >= 4 is 19.8 Å². The molecule has 2 unspecified atom stereocenters. The SMILES string of the molecule is CCCCCCCCCCCCCCCCCCCCCCCCCCCCCCC(=O)OC(COC(=O)CCCCCCCCCCCCCCCCCCCCCC)COP(=O)(O)OCC[N+](C)(C)C. The number of nitrogens with zero attached hydrogens (tertiary/aromatic N) is 1. The summed E-state index contributed by atoms with van der Waals surface area (Å²) < 4.78 is 34.7. The molecule has 10 heteroatoms. The van der Waals surface area contributed by atoms with Gasteiger partial charge in [-0.15, -0.1) is 0 Å². The largest absolute Gasteiger partial charge is 0.472 e.